The minimum absolute atomic E-state index is 0.00635. The molecular weight excluding hydrogens is 318 g/mol. The summed E-state index contributed by atoms with van der Waals surface area (Å²) < 4.78 is 1.75. The van der Waals surface area contributed by atoms with E-state index < -0.39 is 6.04 Å². The van der Waals surface area contributed by atoms with Gasteiger partial charge in [-0.3, -0.25) is 19.2 Å². The second kappa shape index (κ2) is 8.80. The molecule has 7 nitrogen and oxygen atoms in total. The van der Waals surface area contributed by atoms with Crippen molar-refractivity contribution in [1.82, 2.24) is 24.9 Å². The first kappa shape index (κ1) is 19.2. The van der Waals surface area contributed by atoms with Crippen molar-refractivity contribution < 1.29 is 9.59 Å². The molecule has 1 saturated heterocycles. The maximum absolute atomic E-state index is 12.5. The molecule has 7 heteroatoms. The second-order valence-electron chi connectivity index (χ2n) is 6.87. The number of nitrogens with zero attached hydrogens (tertiary/aromatic N) is 4. The molecule has 1 fully saturated rings. The number of rotatable bonds is 7. The van der Waals surface area contributed by atoms with Gasteiger partial charge in [-0.05, 0) is 25.8 Å². The molecule has 2 heterocycles. The number of aryl methyl sites for hydroxylation is 1. The third-order valence-electron chi connectivity index (χ3n) is 4.46. The Balaban J connectivity index is 1.90. The zero-order valence-corrected chi connectivity index (χ0v) is 15.7. The minimum atomic E-state index is -0.391. The number of hydrogen-bond acceptors (Lipinski definition) is 4. The predicted octanol–water partition coefficient (Wildman–Crippen LogP) is 0.578. The van der Waals surface area contributed by atoms with Gasteiger partial charge in [0, 0.05) is 46.5 Å². The van der Waals surface area contributed by atoms with E-state index in [0.717, 1.165) is 18.5 Å². The van der Waals surface area contributed by atoms with Crippen LogP contribution >= 0.6 is 0 Å². The number of amides is 2. The standard InChI is InChI=1S/C18H29N5O2/c1-14(2)5-9-23-10-7-19-18(25)16(23)11-17(24)21(3)8-6-15-12-20-22(4)13-15/h5,12-13,16H,6-11H2,1-4H3,(H,19,25)/t16-/m1/s1. The van der Waals surface area contributed by atoms with Crippen LogP contribution in [0.15, 0.2) is 24.0 Å². The number of allylic oxidation sites excluding steroid dienone is 1. The second-order valence-corrected chi connectivity index (χ2v) is 6.87. The molecule has 0 radical (unpaired) electrons. The van der Waals surface area contributed by atoms with Gasteiger partial charge in [0.25, 0.3) is 0 Å². The van der Waals surface area contributed by atoms with E-state index in [-0.39, 0.29) is 18.2 Å². The maximum Gasteiger partial charge on any atom is 0.237 e. The topological polar surface area (TPSA) is 70.5 Å². The van der Waals surface area contributed by atoms with Gasteiger partial charge in [0.1, 0.15) is 0 Å². The van der Waals surface area contributed by atoms with Gasteiger partial charge in [-0.2, -0.15) is 5.10 Å². The van der Waals surface area contributed by atoms with Crippen LogP contribution in [-0.2, 0) is 23.1 Å². The lowest BCUT2D eigenvalue weighted by Gasteiger charge is -2.34. The maximum atomic E-state index is 12.5. The number of aromatic nitrogens is 2. The molecule has 0 aliphatic carbocycles. The number of hydrogen-bond donors (Lipinski definition) is 1. The lowest BCUT2D eigenvalue weighted by atomic mass is 10.1. The smallest absolute Gasteiger partial charge is 0.237 e. The van der Waals surface area contributed by atoms with Crippen LogP contribution in [0.3, 0.4) is 0 Å². The van der Waals surface area contributed by atoms with Gasteiger partial charge in [0.05, 0.1) is 18.7 Å². The largest absolute Gasteiger partial charge is 0.353 e. The van der Waals surface area contributed by atoms with Gasteiger partial charge in [0.15, 0.2) is 0 Å². The lowest BCUT2D eigenvalue weighted by Crippen LogP contribution is -2.56. The molecule has 0 spiro atoms. The first-order valence-corrected chi connectivity index (χ1v) is 8.73. The van der Waals surface area contributed by atoms with Crippen LogP contribution in [-0.4, -0.2) is 70.7 Å². The molecule has 1 aromatic heterocycles. The Bertz CT molecular complexity index is 633. The minimum Gasteiger partial charge on any atom is -0.353 e. The third-order valence-corrected chi connectivity index (χ3v) is 4.46. The van der Waals surface area contributed by atoms with E-state index in [9.17, 15) is 9.59 Å². The summed E-state index contributed by atoms with van der Waals surface area (Å²) in [6, 6.07) is -0.391. The molecule has 138 valence electrons. The van der Waals surface area contributed by atoms with Gasteiger partial charge in [0.2, 0.25) is 11.8 Å². The normalized spacial score (nSPS) is 17.9. The van der Waals surface area contributed by atoms with E-state index >= 15 is 0 Å². The third kappa shape index (κ3) is 5.70. The Morgan fingerprint density at radius 2 is 2.24 bits per heavy atom. The van der Waals surface area contributed by atoms with Crippen molar-refractivity contribution in [3.63, 3.8) is 0 Å². The Morgan fingerprint density at radius 3 is 2.88 bits per heavy atom. The van der Waals surface area contributed by atoms with Crippen LogP contribution in [0.25, 0.3) is 0 Å². The molecule has 2 rings (SSSR count). The summed E-state index contributed by atoms with van der Waals surface area (Å²) in [5.74, 6) is -0.0597. The monoisotopic (exact) mass is 347 g/mol. The van der Waals surface area contributed by atoms with Crippen LogP contribution in [0.1, 0.15) is 25.8 Å². The molecule has 0 bridgehead atoms. The van der Waals surface area contributed by atoms with Crippen molar-refractivity contribution in [2.75, 3.05) is 33.2 Å². The number of piperazine rings is 1. The van der Waals surface area contributed by atoms with Crippen molar-refractivity contribution in [3.05, 3.63) is 29.6 Å². The zero-order valence-electron chi connectivity index (χ0n) is 15.7. The van der Waals surface area contributed by atoms with Crippen molar-refractivity contribution in [2.24, 2.45) is 7.05 Å². The van der Waals surface area contributed by atoms with E-state index in [4.69, 9.17) is 0 Å². The molecule has 0 unspecified atom stereocenters. The molecular formula is C18H29N5O2. The van der Waals surface area contributed by atoms with Crippen molar-refractivity contribution in [2.45, 2.75) is 32.7 Å². The number of likely N-dealkylation sites (N-methyl/N-ethyl adjacent to an activating group) is 1. The summed E-state index contributed by atoms with van der Waals surface area (Å²) in [4.78, 5) is 28.6. The Labute approximate surface area is 149 Å². The summed E-state index contributed by atoms with van der Waals surface area (Å²) in [5, 5.41) is 7.01. The van der Waals surface area contributed by atoms with E-state index in [0.29, 0.717) is 19.6 Å². The van der Waals surface area contributed by atoms with Gasteiger partial charge in [-0.25, -0.2) is 0 Å². The molecule has 1 N–H and O–H groups in total. The number of nitrogens with one attached hydrogen (secondary N) is 1. The first-order chi connectivity index (χ1) is 11.9. The summed E-state index contributed by atoms with van der Waals surface area (Å²) in [5.41, 5.74) is 2.31. The quantitative estimate of drug-likeness (QED) is 0.733. The predicted molar refractivity (Wildman–Crippen MR) is 97.0 cm³/mol. The van der Waals surface area contributed by atoms with E-state index in [2.05, 4.69) is 21.4 Å². The average Bonchev–Trinajstić information content (AvgIpc) is 2.98. The summed E-state index contributed by atoms with van der Waals surface area (Å²) in [6.45, 7) is 6.80. The zero-order chi connectivity index (χ0) is 18.4. The summed E-state index contributed by atoms with van der Waals surface area (Å²) in [7, 11) is 3.67. The van der Waals surface area contributed by atoms with E-state index in [1.165, 1.54) is 5.57 Å². The fraction of sp³-hybridized carbons (Fsp3) is 0.611. The highest BCUT2D eigenvalue weighted by Gasteiger charge is 2.31. The first-order valence-electron chi connectivity index (χ1n) is 8.73. The highest BCUT2D eigenvalue weighted by molar-refractivity contribution is 5.88. The van der Waals surface area contributed by atoms with Gasteiger partial charge < -0.3 is 10.2 Å². The van der Waals surface area contributed by atoms with Crippen LogP contribution in [0, 0.1) is 0 Å². The highest BCUT2D eigenvalue weighted by atomic mass is 16.2. The van der Waals surface area contributed by atoms with Crippen LogP contribution < -0.4 is 5.32 Å². The van der Waals surface area contributed by atoms with Crippen molar-refractivity contribution >= 4 is 11.8 Å². The van der Waals surface area contributed by atoms with Crippen LogP contribution in [0.5, 0.6) is 0 Å². The molecule has 0 aromatic carbocycles. The summed E-state index contributed by atoms with van der Waals surface area (Å²) >= 11 is 0. The number of carbonyl (C=O) groups is 2. The fourth-order valence-electron chi connectivity index (χ4n) is 2.85. The van der Waals surface area contributed by atoms with Crippen molar-refractivity contribution in [3.8, 4) is 0 Å². The van der Waals surface area contributed by atoms with E-state index in [1.807, 2.05) is 33.3 Å². The fourth-order valence-corrected chi connectivity index (χ4v) is 2.85. The summed E-state index contributed by atoms with van der Waals surface area (Å²) in [6.07, 6.45) is 6.84. The van der Waals surface area contributed by atoms with Gasteiger partial charge in [-0.15, -0.1) is 0 Å². The molecule has 25 heavy (non-hydrogen) atoms. The van der Waals surface area contributed by atoms with Crippen LogP contribution in [0.4, 0.5) is 0 Å². The highest BCUT2D eigenvalue weighted by Crippen LogP contribution is 2.11. The van der Waals surface area contributed by atoms with Gasteiger partial charge >= 0.3 is 0 Å². The Morgan fingerprint density at radius 1 is 1.48 bits per heavy atom. The number of carbonyl (C=O) groups excluding carboxylic acids is 2. The lowest BCUT2D eigenvalue weighted by molar-refractivity contribution is -0.137. The molecule has 1 aliphatic heterocycles. The molecule has 2 amide bonds. The van der Waals surface area contributed by atoms with Crippen LogP contribution in [0.2, 0.25) is 0 Å². The average molecular weight is 347 g/mol. The van der Waals surface area contributed by atoms with Crippen molar-refractivity contribution in [1.29, 1.82) is 0 Å². The Hall–Kier alpha value is -2.15. The SMILES string of the molecule is CC(C)=CCN1CCNC(=O)[C@H]1CC(=O)N(C)CCc1cnn(C)c1. The molecule has 1 atom stereocenters. The molecule has 1 aliphatic rings. The van der Waals surface area contributed by atoms with Gasteiger partial charge in [-0.1, -0.05) is 11.6 Å². The molecule has 0 saturated carbocycles. The van der Waals surface area contributed by atoms with E-state index in [1.54, 1.807) is 16.6 Å². The molecule has 1 aromatic rings. The Kier molecular flexibility index (Phi) is 6.75.